The van der Waals surface area contributed by atoms with Crippen LogP contribution in [0.2, 0.25) is 0 Å². The SMILES string of the molecule is CN1N=C(C(=O)Nc2ncc(Cc3cccc(F)c3)o2)CCC1=O. The van der Waals surface area contributed by atoms with Crippen LogP contribution in [0, 0.1) is 5.82 Å². The fourth-order valence-electron chi connectivity index (χ4n) is 2.30. The summed E-state index contributed by atoms with van der Waals surface area (Å²) >= 11 is 0. The quantitative estimate of drug-likeness (QED) is 0.928. The van der Waals surface area contributed by atoms with Crippen LogP contribution in [0.25, 0.3) is 0 Å². The average molecular weight is 330 g/mol. The van der Waals surface area contributed by atoms with E-state index in [0.717, 1.165) is 10.6 Å². The number of hydrazone groups is 1. The minimum absolute atomic E-state index is 0.0358. The average Bonchev–Trinajstić information content (AvgIpc) is 2.97. The summed E-state index contributed by atoms with van der Waals surface area (Å²) in [5.74, 6) is -0.433. The molecule has 1 N–H and O–H groups in total. The van der Waals surface area contributed by atoms with Gasteiger partial charge in [0.1, 0.15) is 17.3 Å². The lowest BCUT2D eigenvalue weighted by molar-refractivity contribution is -0.130. The Kier molecular flexibility index (Phi) is 4.37. The van der Waals surface area contributed by atoms with E-state index in [1.807, 2.05) is 0 Å². The molecule has 1 aromatic carbocycles. The van der Waals surface area contributed by atoms with Crippen molar-refractivity contribution in [3.8, 4) is 0 Å². The van der Waals surface area contributed by atoms with Crippen molar-refractivity contribution < 1.29 is 18.4 Å². The molecule has 0 bridgehead atoms. The van der Waals surface area contributed by atoms with Crippen molar-refractivity contribution >= 4 is 23.5 Å². The third-order valence-electron chi connectivity index (χ3n) is 3.51. The summed E-state index contributed by atoms with van der Waals surface area (Å²) in [5, 5.41) is 7.57. The van der Waals surface area contributed by atoms with E-state index >= 15 is 0 Å². The number of carbonyl (C=O) groups excluding carboxylic acids is 2. The number of benzene rings is 1. The summed E-state index contributed by atoms with van der Waals surface area (Å²) in [7, 11) is 1.50. The summed E-state index contributed by atoms with van der Waals surface area (Å²) in [4.78, 5) is 27.4. The van der Waals surface area contributed by atoms with Gasteiger partial charge < -0.3 is 4.42 Å². The van der Waals surface area contributed by atoms with Crippen LogP contribution >= 0.6 is 0 Å². The first-order valence-corrected chi connectivity index (χ1v) is 7.36. The maximum absolute atomic E-state index is 13.2. The molecular weight excluding hydrogens is 315 g/mol. The van der Waals surface area contributed by atoms with Gasteiger partial charge in [-0.15, -0.1) is 0 Å². The van der Waals surface area contributed by atoms with Gasteiger partial charge in [0.2, 0.25) is 5.91 Å². The van der Waals surface area contributed by atoms with Gasteiger partial charge in [0, 0.05) is 26.3 Å². The highest BCUT2D eigenvalue weighted by molar-refractivity contribution is 6.43. The second kappa shape index (κ2) is 6.61. The molecule has 1 aromatic heterocycles. The zero-order valence-electron chi connectivity index (χ0n) is 13.0. The van der Waals surface area contributed by atoms with Gasteiger partial charge in [-0.25, -0.2) is 14.4 Å². The molecule has 24 heavy (non-hydrogen) atoms. The van der Waals surface area contributed by atoms with Crippen molar-refractivity contribution in [3.05, 3.63) is 47.6 Å². The first kappa shape index (κ1) is 15.9. The highest BCUT2D eigenvalue weighted by Gasteiger charge is 2.23. The monoisotopic (exact) mass is 330 g/mol. The third kappa shape index (κ3) is 3.65. The van der Waals surface area contributed by atoms with E-state index in [2.05, 4.69) is 15.4 Å². The lowest BCUT2D eigenvalue weighted by Gasteiger charge is -2.18. The van der Waals surface area contributed by atoms with E-state index in [4.69, 9.17) is 4.42 Å². The maximum Gasteiger partial charge on any atom is 0.301 e. The van der Waals surface area contributed by atoms with Crippen LogP contribution in [0.15, 0.2) is 40.0 Å². The van der Waals surface area contributed by atoms with Crippen LogP contribution in [0.4, 0.5) is 10.4 Å². The van der Waals surface area contributed by atoms with Gasteiger partial charge in [-0.2, -0.15) is 5.10 Å². The lowest BCUT2D eigenvalue weighted by Crippen LogP contribution is -2.34. The number of hydrogen-bond acceptors (Lipinski definition) is 5. The Bertz CT molecular complexity index is 815. The summed E-state index contributed by atoms with van der Waals surface area (Å²) in [6.45, 7) is 0. The Labute approximate surface area is 137 Å². The summed E-state index contributed by atoms with van der Waals surface area (Å²) < 4.78 is 18.6. The number of aromatic nitrogens is 1. The molecule has 0 aliphatic carbocycles. The van der Waals surface area contributed by atoms with E-state index in [9.17, 15) is 14.0 Å². The molecule has 0 spiro atoms. The molecule has 0 saturated carbocycles. The zero-order valence-corrected chi connectivity index (χ0v) is 13.0. The van der Waals surface area contributed by atoms with Crippen molar-refractivity contribution in [2.45, 2.75) is 19.3 Å². The Morgan fingerprint density at radius 1 is 1.42 bits per heavy atom. The summed E-state index contributed by atoms with van der Waals surface area (Å²) in [6, 6.07) is 6.19. The van der Waals surface area contributed by atoms with Gasteiger partial charge in [0.25, 0.3) is 5.91 Å². The molecule has 2 heterocycles. The van der Waals surface area contributed by atoms with Crippen LogP contribution in [0.5, 0.6) is 0 Å². The van der Waals surface area contributed by atoms with Crippen molar-refractivity contribution in [2.75, 3.05) is 12.4 Å². The van der Waals surface area contributed by atoms with E-state index in [1.165, 1.54) is 25.4 Å². The second-order valence-electron chi connectivity index (χ2n) is 5.36. The fraction of sp³-hybridized carbons (Fsp3) is 0.250. The minimum atomic E-state index is -0.464. The zero-order chi connectivity index (χ0) is 17.1. The molecule has 0 saturated heterocycles. The molecule has 2 aromatic rings. The Balaban J connectivity index is 1.65. The maximum atomic E-state index is 13.2. The highest BCUT2D eigenvalue weighted by atomic mass is 19.1. The number of nitrogens with one attached hydrogen (secondary N) is 1. The molecule has 3 rings (SSSR count). The number of nitrogens with zero attached hydrogens (tertiary/aromatic N) is 3. The number of carbonyl (C=O) groups is 2. The molecule has 1 aliphatic rings. The predicted octanol–water partition coefficient (Wildman–Crippen LogP) is 1.95. The Morgan fingerprint density at radius 2 is 2.25 bits per heavy atom. The van der Waals surface area contributed by atoms with E-state index in [0.29, 0.717) is 12.2 Å². The number of rotatable bonds is 4. The van der Waals surface area contributed by atoms with Gasteiger partial charge >= 0.3 is 6.01 Å². The third-order valence-corrected chi connectivity index (χ3v) is 3.51. The van der Waals surface area contributed by atoms with Gasteiger partial charge in [-0.05, 0) is 17.7 Å². The molecular formula is C16H15FN4O3. The van der Waals surface area contributed by atoms with E-state index in [-0.39, 0.29) is 36.3 Å². The number of hydrogen-bond donors (Lipinski definition) is 1. The van der Waals surface area contributed by atoms with Gasteiger partial charge in [0.05, 0.1) is 6.20 Å². The molecule has 0 radical (unpaired) electrons. The van der Waals surface area contributed by atoms with Crippen LogP contribution in [-0.2, 0) is 16.0 Å². The summed E-state index contributed by atoms with van der Waals surface area (Å²) in [5.41, 5.74) is 0.975. The molecule has 0 fully saturated rings. The van der Waals surface area contributed by atoms with Crippen molar-refractivity contribution in [1.82, 2.24) is 9.99 Å². The number of halogens is 1. The fourth-order valence-corrected chi connectivity index (χ4v) is 2.30. The van der Waals surface area contributed by atoms with Crippen molar-refractivity contribution in [1.29, 1.82) is 0 Å². The number of anilines is 1. The standard InChI is InChI=1S/C16H15FN4O3/c1-21-14(22)6-5-13(20-21)15(23)19-16-18-9-12(24-16)8-10-3-2-4-11(17)7-10/h2-4,7,9H,5-6,8H2,1H3,(H,18,19,23). The molecule has 0 atom stereocenters. The predicted molar refractivity (Wildman–Crippen MR) is 83.8 cm³/mol. The van der Waals surface area contributed by atoms with E-state index < -0.39 is 5.91 Å². The minimum Gasteiger partial charge on any atom is -0.428 e. The van der Waals surface area contributed by atoms with Gasteiger partial charge in [-0.3, -0.25) is 14.9 Å². The Hall–Kier alpha value is -3.03. The van der Waals surface area contributed by atoms with Gasteiger partial charge in [-0.1, -0.05) is 12.1 Å². The first-order valence-electron chi connectivity index (χ1n) is 7.36. The molecule has 7 nitrogen and oxygen atoms in total. The number of amides is 2. The lowest BCUT2D eigenvalue weighted by atomic mass is 10.1. The van der Waals surface area contributed by atoms with Crippen LogP contribution in [0.3, 0.4) is 0 Å². The summed E-state index contributed by atoms with van der Waals surface area (Å²) in [6.07, 6.45) is 2.34. The Morgan fingerprint density at radius 3 is 3.00 bits per heavy atom. The van der Waals surface area contributed by atoms with Gasteiger partial charge in [0.15, 0.2) is 0 Å². The van der Waals surface area contributed by atoms with Crippen LogP contribution in [-0.4, -0.2) is 34.6 Å². The largest absolute Gasteiger partial charge is 0.428 e. The molecule has 2 amide bonds. The molecule has 0 unspecified atom stereocenters. The molecule has 124 valence electrons. The van der Waals surface area contributed by atoms with E-state index in [1.54, 1.807) is 12.1 Å². The van der Waals surface area contributed by atoms with Crippen molar-refractivity contribution in [3.63, 3.8) is 0 Å². The first-order chi connectivity index (χ1) is 11.5. The van der Waals surface area contributed by atoms with Crippen molar-refractivity contribution in [2.24, 2.45) is 5.10 Å². The molecule has 1 aliphatic heterocycles. The van der Waals surface area contributed by atoms with Crippen LogP contribution in [0.1, 0.15) is 24.2 Å². The normalized spacial score (nSPS) is 14.5. The second-order valence-corrected chi connectivity index (χ2v) is 5.36. The number of oxazole rings is 1. The highest BCUT2D eigenvalue weighted by Crippen LogP contribution is 2.15. The van der Waals surface area contributed by atoms with Crippen LogP contribution < -0.4 is 5.32 Å². The topological polar surface area (TPSA) is 87.8 Å². The molecule has 8 heteroatoms. The smallest absolute Gasteiger partial charge is 0.301 e.